The molecule has 1 aliphatic rings. The van der Waals surface area contributed by atoms with Crippen molar-refractivity contribution in [3.05, 3.63) is 27.0 Å². The standard InChI is InChI=1S/C10H16N4O4S/c1-6-7(3-2-4-11-6)14-19(17,18)8-5-12-10(16)13-9(8)15/h5-7,11,14H,2-4H2,1H3,(H2,12,13,15,16). The van der Waals surface area contributed by atoms with E-state index in [-0.39, 0.29) is 12.1 Å². The van der Waals surface area contributed by atoms with Gasteiger partial charge in [0.05, 0.1) is 0 Å². The molecule has 0 saturated carbocycles. The zero-order valence-electron chi connectivity index (χ0n) is 10.4. The molecule has 4 N–H and O–H groups in total. The van der Waals surface area contributed by atoms with E-state index in [9.17, 15) is 18.0 Å². The first kappa shape index (κ1) is 14.0. The van der Waals surface area contributed by atoms with Gasteiger partial charge in [-0.25, -0.2) is 17.9 Å². The minimum atomic E-state index is -3.94. The van der Waals surface area contributed by atoms with Gasteiger partial charge >= 0.3 is 5.69 Å². The van der Waals surface area contributed by atoms with Gasteiger partial charge in [0.2, 0.25) is 10.0 Å². The second-order valence-electron chi connectivity index (χ2n) is 4.55. The van der Waals surface area contributed by atoms with Crippen LogP contribution in [0.5, 0.6) is 0 Å². The molecule has 106 valence electrons. The van der Waals surface area contributed by atoms with Gasteiger partial charge in [0.25, 0.3) is 5.56 Å². The topological polar surface area (TPSA) is 124 Å². The molecule has 0 radical (unpaired) electrons. The number of hydrogen-bond donors (Lipinski definition) is 4. The van der Waals surface area contributed by atoms with E-state index in [1.54, 1.807) is 0 Å². The summed E-state index contributed by atoms with van der Waals surface area (Å²) in [7, 11) is -3.94. The van der Waals surface area contributed by atoms with Crippen molar-refractivity contribution in [3.8, 4) is 0 Å². The van der Waals surface area contributed by atoms with E-state index in [4.69, 9.17) is 0 Å². The summed E-state index contributed by atoms with van der Waals surface area (Å²) >= 11 is 0. The Morgan fingerprint density at radius 1 is 1.37 bits per heavy atom. The van der Waals surface area contributed by atoms with Crippen LogP contribution < -0.4 is 21.3 Å². The summed E-state index contributed by atoms with van der Waals surface area (Å²) in [5.41, 5.74) is -1.66. The summed E-state index contributed by atoms with van der Waals surface area (Å²) in [5, 5.41) is 3.16. The van der Waals surface area contributed by atoms with Crippen LogP contribution in [0.3, 0.4) is 0 Å². The minimum Gasteiger partial charge on any atom is -0.313 e. The van der Waals surface area contributed by atoms with Gasteiger partial charge < -0.3 is 10.3 Å². The van der Waals surface area contributed by atoms with Crippen LogP contribution in [0.15, 0.2) is 20.7 Å². The lowest BCUT2D eigenvalue weighted by Crippen LogP contribution is -2.52. The van der Waals surface area contributed by atoms with Crippen molar-refractivity contribution < 1.29 is 8.42 Å². The number of sulfonamides is 1. The highest BCUT2D eigenvalue weighted by Crippen LogP contribution is 2.11. The Balaban J connectivity index is 2.27. The van der Waals surface area contributed by atoms with Gasteiger partial charge in [-0.3, -0.25) is 9.78 Å². The van der Waals surface area contributed by atoms with E-state index in [0.29, 0.717) is 6.42 Å². The molecule has 2 unspecified atom stereocenters. The van der Waals surface area contributed by atoms with Crippen LogP contribution >= 0.6 is 0 Å². The summed E-state index contributed by atoms with van der Waals surface area (Å²) in [6.07, 6.45) is 2.47. The molecule has 1 saturated heterocycles. The highest BCUT2D eigenvalue weighted by Gasteiger charge is 2.28. The summed E-state index contributed by atoms with van der Waals surface area (Å²) in [6, 6.07) is -0.282. The number of aromatic nitrogens is 2. The summed E-state index contributed by atoms with van der Waals surface area (Å²) in [5.74, 6) is 0. The largest absolute Gasteiger partial charge is 0.325 e. The molecule has 19 heavy (non-hydrogen) atoms. The molecule has 2 rings (SSSR count). The monoisotopic (exact) mass is 288 g/mol. The van der Waals surface area contributed by atoms with Crippen molar-refractivity contribution in [2.75, 3.05) is 6.54 Å². The third kappa shape index (κ3) is 3.11. The molecule has 1 aliphatic heterocycles. The number of hydrogen-bond acceptors (Lipinski definition) is 5. The molecule has 0 spiro atoms. The fourth-order valence-electron chi connectivity index (χ4n) is 2.06. The molecule has 2 atom stereocenters. The van der Waals surface area contributed by atoms with E-state index >= 15 is 0 Å². The van der Waals surface area contributed by atoms with E-state index in [1.807, 2.05) is 11.9 Å². The number of aromatic amines is 2. The van der Waals surface area contributed by atoms with Crippen molar-refractivity contribution in [2.45, 2.75) is 36.7 Å². The van der Waals surface area contributed by atoms with Crippen molar-refractivity contribution in [1.29, 1.82) is 0 Å². The number of rotatable bonds is 3. The van der Waals surface area contributed by atoms with Crippen LogP contribution in [-0.4, -0.2) is 37.0 Å². The number of H-pyrrole nitrogens is 2. The zero-order chi connectivity index (χ0) is 14.0. The third-order valence-electron chi connectivity index (χ3n) is 3.14. The van der Waals surface area contributed by atoms with Gasteiger partial charge in [-0.15, -0.1) is 0 Å². The molecular formula is C10H16N4O4S. The SMILES string of the molecule is CC1NCCCC1NS(=O)(=O)c1c[nH]c(=O)[nH]c1=O. The predicted octanol–water partition coefficient (Wildman–Crippen LogP) is -1.52. The molecule has 0 aromatic carbocycles. The Hall–Kier alpha value is -1.45. The van der Waals surface area contributed by atoms with Gasteiger partial charge in [-0.05, 0) is 26.3 Å². The Morgan fingerprint density at radius 2 is 2.11 bits per heavy atom. The van der Waals surface area contributed by atoms with Crippen molar-refractivity contribution in [2.24, 2.45) is 0 Å². The number of nitrogens with one attached hydrogen (secondary N) is 4. The van der Waals surface area contributed by atoms with E-state index in [0.717, 1.165) is 19.2 Å². The third-order valence-corrected chi connectivity index (χ3v) is 4.64. The van der Waals surface area contributed by atoms with E-state index in [2.05, 4.69) is 15.0 Å². The molecule has 1 aromatic rings. The second kappa shape index (κ2) is 5.27. The lowest BCUT2D eigenvalue weighted by Gasteiger charge is -2.30. The highest BCUT2D eigenvalue weighted by molar-refractivity contribution is 7.89. The van der Waals surface area contributed by atoms with Gasteiger partial charge in [-0.2, -0.15) is 0 Å². The zero-order valence-corrected chi connectivity index (χ0v) is 11.2. The summed E-state index contributed by atoms with van der Waals surface area (Å²) < 4.78 is 26.7. The fourth-order valence-corrected chi connectivity index (χ4v) is 3.42. The minimum absolute atomic E-state index is 0.00892. The smallest absolute Gasteiger partial charge is 0.313 e. The first-order valence-corrected chi connectivity index (χ1v) is 7.46. The Labute approximate surface area is 109 Å². The molecule has 0 bridgehead atoms. The molecule has 1 fully saturated rings. The van der Waals surface area contributed by atoms with Crippen LogP contribution in [0.1, 0.15) is 19.8 Å². The van der Waals surface area contributed by atoms with Crippen molar-refractivity contribution in [1.82, 2.24) is 20.0 Å². The second-order valence-corrected chi connectivity index (χ2v) is 6.23. The average molecular weight is 288 g/mol. The molecule has 9 heteroatoms. The molecule has 1 aromatic heterocycles. The van der Waals surface area contributed by atoms with Crippen molar-refractivity contribution in [3.63, 3.8) is 0 Å². The number of piperidine rings is 1. The molecule has 8 nitrogen and oxygen atoms in total. The Kier molecular flexibility index (Phi) is 3.88. The van der Waals surface area contributed by atoms with Crippen LogP contribution in [0.25, 0.3) is 0 Å². The van der Waals surface area contributed by atoms with Gasteiger partial charge in [0.1, 0.15) is 0 Å². The quantitative estimate of drug-likeness (QED) is 0.538. The normalized spacial score (nSPS) is 24.3. The van der Waals surface area contributed by atoms with Gasteiger partial charge in [-0.1, -0.05) is 0 Å². The average Bonchev–Trinajstić information content (AvgIpc) is 2.31. The van der Waals surface area contributed by atoms with Gasteiger partial charge in [0.15, 0.2) is 4.90 Å². The maximum atomic E-state index is 12.1. The van der Waals surface area contributed by atoms with Crippen LogP contribution in [0, 0.1) is 0 Å². The van der Waals surface area contributed by atoms with Crippen LogP contribution in [0.2, 0.25) is 0 Å². The molecule has 2 heterocycles. The maximum absolute atomic E-state index is 12.1. The first-order valence-electron chi connectivity index (χ1n) is 5.98. The fraction of sp³-hybridized carbons (Fsp3) is 0.600. The Morgan fingerprint density at radius 3 is 2.74 bits per heavy atom. The highest BCUT2D eigenvalue weighted by atomic mass is 32.2. The van der Waals surface area contributed by atoms with E-state index in [1.165, 1.54) is 0 Å². The maximum Gasteiger partial charge on any atom is 0.325 e. The predicted molar refractivity (Wildman–Crippen MR) is 68.5 cm³/mol. The molecule has 0 amide bonds. The first-order chi connectivity index (χ1) is 8.90. The summed E-state index contributed by atoms with van der Waals surface area (Å²) in [4.78, 5) is 25.9. The van der Waals surface area contributed by atoms with Crippen LogP contribution in [-0.2, 0) is 10.0 Å². The lowest BCUT2D eigenvalue weighted by atomic mass is 10.0. The Bertz CT molecular complexity index is 663. The molecule has 0 aliphatic carbocycles. The van der Waals surface area contributed by atoms with Crippen molar-refractivity contribution >= 4 is 10.0 Å². The summed E-state index contributed by atoms with van der Waals surface area (Å²) in [6.45, 7) is 2.72. The van der Waals surface area contributed by atoms with E-state index < -0.39 is 26.2 Å². The molecular weight excluding hydrogens is 272 g/mol. The van der Waals surface area contributed by atoms with Crippen LogP contribution in [0.4, 0.5) is 0 Å². The van der Waals surface area contributed by atoms with Gasteiger partial charge in [0, 0.05) is 18.3 Å². The lowest BCUT2D eigenvalue weighted by molar-refractivity contribution is 0.348.